The van der Waals surface area contributed by atoms with Crippen molar-refractivity contribution in [3.05, 3.63) is 52.2 Å². The second kappa shape index (κ2) is 6.41. The number of sulfone groups is 1. The lowest BCUT2D eigenvalue weighted by atomic mass is 10.2. The van der Waals surface area contributed by atoms with Crippen LogP contribution in [-0.4, -0.2) is 20.9 Å². The summed E-state index contributed by atoms with van der Waals surface area (Å²) in [4.78, 5) is 12.1. The molecule has 1 heterocycles. The van der Waals surface area contributed by atoms with E-state index in [2.05, 4.69) is 5.32 Å². The van der Waals surface area contributed by atoms with Crippen LogP contribution in [0.5, 0.6) is 0 Å². The molecule has 2 aromatic rings. The fourth-order valence-corrected chi connectivity index (χ4v) is 4.75. The molecule has 0 spiro atoms. The topological polar surface area (TPSA) is 63.2 Å². The SMILES string of the molecule is CC(=O)NC[C@@H](c1cccs1)S(=O)(=O)c1ccc(C)cc1. The van der Waals surface area contributed by atoms with E-state index in [1.165, 1.54) is 18.3 Å². The Kier molecular flexibility index (Phi) is 4.80. The number of nitrogens with one attached hydrogen (secondary N) is 1. The summed E-state index contributed by atoms with van der Waals surface area (Å²) in [5.74, 6) is -0.240. The lowest BCUT2D eigenvalue weighted by Crippen LogP contribution is -2.29. The number of carbonyl (C=O) groups excluding carboxylic acids is 1. The molecule has 1 N–H and O–H groups in total. The normalized spacial score (nSPS) is 12.9. The van der Waals surface area contributed by atoms with Crippen molar-refractivity contribution < 1.29 is 13.2 Å². The Morgan fingerprint density at radius 3 is 2.43 bits per heavy atom. The van der Waals surface area contributed by atoms with Crippen LogP contribution in [0.25, 0.3) is 0 Å². The maximum Gasteiger partial charge on any atom is 0.216 e. The van der Waals surface area contributed by atoms with Crippen LogP contribution in [0.15, 0.2) is 46.7 Å². The van der Waals surface area contributed by atoms with E-state index in [-0.39, 0.29) is 17.3 Å². The summed E-state index contributed by atoms with van der Waals surface area (Å²) in [6.45, 7) is 3.36. The van der Waals surface area contributed by atoms with Gasteiger partial charge in [0.2, 0.25) is 5.91 Å². The molecule has 0 saturated heterocycles. The summed E-state index contributed by atoms with van der Waals surface area (Å²) >= 11 is 1.38. The van der Waals surface area contributed by atoms with Gasteiger partial charge in [-0.15, -0.1) is 11.3 Å². The summed E-state index contributed by atoms with van der Waals surface area (Å²) in [6.07, 6.45) is 0. The highest BCUT2D eigenvalue weighted by Crippen LogP contribution is 2.31. The van der Waals surface area contributed by atoms with E-state index in [0.29, 0.717) is 0 Å². The van der Waals surface area contributed by atoms with E-state index in [0.717, 1.165) is 10.4 Å². The largest absolute Gasteiger partial charge is 0.355 e. The number of amides is 1. The summed E-state index contributed by atoms with van der Waals surface area (Å²) in [6, 6.07) is 10.4. The Balaban J connectivity index is 2.39. The molecule has 1 aromatic carbocycles. The van der Waals surface area contributed by atoms with Crippen LogP contribution >= 0.6 is 11.3 Å². The van der Waals surface area contributed by atoms with Crippen LogP contribution in [0.2, 0.25) is 0 Å². The van der Waals surface area contributed by atoms with E-state index < -0.39 is 15.1 Å². The molecule has 0 aliphatic heterocycles. The molecule has 0 radical (unpaired) electrons. The molecule has 112 valence electrons. The zero-order valence-electron chi connectivity index (χ0n) is 11.9. The molecule has 1 amide bonds. The van der Waals surface area contributed by atoms with Gasteiger partial charge in [-0.05, 0) is 30.5 Å². The summed E-state index contributed by atoms with van der Waals surface area (Å²) in [5, 5.41) is 3.68. The van der Waals surface area contributed by atoms with E-state index in [4.69, 9.17) is 0 Å². The first-order valence-electron chi connectivity index (χ1n) is 6.49. The van der Waals surface area contributed by atoms with Gasteiger partial charge in [0.25, 0.3) is 0 Å². The highest BCUT2D eigenvalue weighted by molar-refractivity contribution is 7.91. The van der Waals surface area contributed by atoms with Gasteiger partial charge in [0, 0.05) is 18.3 Å². The Morgan fingerprint density at radius 2 is 1.90 bits per heavy atom. The zero-order valence-corrected chi connectivity index (χ0v) is 13.5. The van der Waals surface area contributed by atoms with Gasteiger partial charge in [0.05, 0.1) is 4.90 Å². The Hall–Kier alpha value is -1.66. The van der Waals surface area contributed by atoms with E-state index in [1.54, 1.807) is 30.3 Å². The second-order valence-electron chi connectivity index (χ2n) is 4.80. The molecule has 0 bridgehead atoms. The van der Waals surface area contributed by atoms with Crippen LogP contribution < -0.4 is 5.32 Å². The predicted octanol–water partition coefficient (Wildman–Crippen LogP) is 2.71. The molecule has 1 aromatic heterocycles. The number of rotatable bonds is 5. The van der Waals surface area contributed by atoms with E-state index in [1.807, 2.05) is 18.4 Å². The van der Waals surface area contributed by atoms with Gasteiger partial charge in [-0.25, -0.2) is 8.42 Å². The second-order valence-corrected chi connectivity index (χ2v) is 7.91. The maximum atomic E-state index is 12.8. The van der Waals surface area contributed by atoms with E-state index >= 15 is 0 Å². The van der Waals surface area contributed by atoms with Crippen molar-refractivity contribution >= 4 is 27.1 Å². The molecule has 0 unspecified atom stereocenters. The number of hydrogen-bond acceptors (Lipinski definition) is 4. The van der Waals surface area contributed by atoms with Crippen LogP contribution in [0.1, 0.15) is 22.6 Å². The van der Waals surface area contributed by atoms with Crippen molar-refractivity contribution in [2.45, 2.75) is 24.0 Å². The maximum absolute atomic E-state index is 12.8. The highest BCUT2D eigenvalue weighted by atomic mass is 32.2. The molecule has 0 aliphatic carbocycles. The first-order chi connectivity index (χ1) is 9.91. The van der Waals surface area contributed by atoms with Crippen molar-refractivity contribution in [1.29, 1.82) is 0 Å². The van der Waals surface area contributed by atoms with Crippen molar-refractivity contribution in [3.63, 3.8) is 0 Å². The minimum atomic E-state index is -3.54. The fraction of sp³-hybridized carbons (Fsp3) is 0.267. The first-order valence-corrected chi connectivity index (χ1v) is 8.92. The standard InChI is InChI=1S/C15H17NO3S2/c1-11-5-7-13(8-6-11)21(18,19)15(10-16-12(2)17)14-4-3-9-20-14/h3-9,15H,10H2,1-2H3,(H,16,17)/t15-/m0/s1. The number of thiophene rings is 1. The summed E-state index contributed by atoms with van der Waals surface area (Å²) in [7, 11) is -3.54. The molecule has 0 aliphatic rings. The Bertz CT molecular complexity index is 704. The van der Waals surface area contributed by atoms with Gasteiger partial charge in [-0.2, -0.15) is 0 Å². The molecule has 2 rings (SSSR count). The minimum Gasteiger partial charge on any atom is -0.355 e. The highest BCUT2D eigenvalue weighted by Gasteiger charge is 2.30. The third-order valence-electron chi connectivity index (χ3n) is 3.12. The van der Waals surface area contributed by atoms with E-state index in [9.17, 15) is 13.2 Å². The van der Waals surface area contributed by atoms with Crippen LogP contribution in [0, 0.1) is 6.92 Å². The lowest BCUT2D eigenvalue weighted by Gasteiger charge is -2.17. The molecule has 1 atom stereocenters. The number of benzene rings is 1. The summed E-state index contributed by atoms with van der Waals surface area (Å²) in [5.41, 5.74) is 1.00. The Labute approximate surface area is 128 Å². The molecule has 4 nitrogen and oxygen atoms in total. The lowest BCUT2D eigenvalue weighted by molar-refractivity contribution is -0.118. The van der Waals surface area contributed by atoms with Gasteiger partial charge in [0.1, 0.15) is 5.25 Å². The van der Waals surface area contributed by atoms with Crippen LogP contribution in [-0.2, 0) is 14.6 Å². The number of carbonyl (C=O) groups is 1. The summed E-state index contributed by atoms with van der Waals surface area (Å²) < 4.78 is 25.6. The third kappa shape index (κ3) is 3.71. The molecule has 0 fully saturated rings. The average Bonchev–Trinajstić information content (AvgIpc) is 2.92. The number of hydrogen-bond donors (Lipinski definition) is 1. The van der Waals surface area contributed by atoms with Gasteiger partial charge < -0.3 is 5.32 Å². The molecular formula is C15H17NO3S2. The number of aryl methyl sites for hydroxylation is 1. The molecular weight excluding hydrogens is 306 g/mol. The van der Waals surface area contributed by atoms with Crippen molar-refractivity contribution in [2.24, 2.45) is 0 Å². The van der Waals surface area contributed by atoms with Crippen LogP contribution in [0.3, 0.4) is 0 Å². The van der Waals surface area contributed by atoms with Gasteiger partial charge in [-0.3, -0.25) is 4.79 Å². The van der Waals surface area contributed by atoms with Crippen molar-refractivity contribution in [2.75, 3.05) is 6.54 Å². The minimum absolute atomic E-state index is 0.0755. The molecule has 0 saturated carbocycles. The zero-order chi connectivity index (χ0) is 15.5. The average molecular weight is 323 g/mol. The van der Waals surface area contributed by atoms with Gasteiger partial charge >= 0.3 is 0 Å². The van der Waals surface area contributed by atoms with Gasteiger partial charge in [-0.1, -0.05) is 23.8 Å². The Morgan fingerprint density at radius 1 is 1.24 bits per heavy atom. The van der Waals surface area contributed by atoms with Crippen molar-refractivity contribution in [1.82, 2.24) is 5.32 Å². The smallest absolute Gasteiger partial charge is 0.216 e. The van der Waals surface area contributed by atoms with Crippen molar-refractivity contribution in [3.8, 4) is 0 Å². The fourth-order valence-electron chi connectivity index (χ4n) is 1.97. The van der Waals surface area contributed by atoms with Crippen LogP contribution in [0.4, 0.5) is 0 Å². The predicted molar refractivity (Wildman–Crippen MR) is 84.1 cm³/mol. The monoisotopic (exact) mass is 323 g/mol. The third-order valence-corrected chi connectivity index (χ3v) is 6.36. The molecule has 6 heteroatoms. The first kappa shape index (κ1) is 15.7. The van der Waals surface area contributed by atoms with Gasteiger partial charge in [0.15, 0.2) is 9.84 Å². The quantitative estimate of drug-likeness (QED) is 0.920. The molecule has 21 heavy (non-hydrogen) atoms.